The third kappa shape index (κ3) is 2.80. The summed E-state index contributed by atoms with van der Waals surface area (Å²) in [5.74, 6) is -1.31. The van der Waals surface area contributed by atoms with Gasteiger partial charge in [-0.1, -0.05) is 12.1 Å². The second kappa shape index (κ2) is 5.84. The fourth-order valence-electron chi connectivity index (χ4n) is 2.25. The highest BCUT2D eigenvalue weighted by atomic mass is 16.6. The Hall–Kier alpha value is -3.68. The number of non-ortho nitro benzene ring substituents is 1. The van der Waals surface area contributed by atoms with E-state index in [2.05, 4.69) is 5.32 Å². The molecule has 2 aromatic carbocycles. The van der Waals surface area contributed by atoms with Crippen LogP contribution in [0.5, 0.6) is 0 Å². The molecule has 0 aliphatic rings. The van der Waals surface area contributed by atoms with Crippen LogP contribution in [0.4, 0.5) is 11.4 Å². The van der Waals surface area contributed by atoms with Crippen LogP contribution < -0.4 is 11.1 Å². The number of anilines is 1. The number of primary amides is 1. The van der Waals surface area contributed by atoms with Crippen molar-refractivity contribution in [3.63, 3.8) is 0 Å². The number of benzene rings is 2. The lowest BCUT2D eigenvalue weighted by atomic mass is 10.1. The van der Waals surface area contributed by atoms with Gasteiger partial charge in [-0.2, -0.15) is 0 Å². The lowest BCUT2D eigenvalue weighted by molar-refractivity contribution is -0.384. The normalized spacial score (nSPS) is 10.5. The number of rotatable bonds is 4. The molecular weight excluding hydrogens is 314 g/mol. The first-order valence-electron chi connectivity index (χ1n) is 6.84. The van der Waals surface area contributed by atoms with Crippen LogP contribution in [-0.4, -0.2) is 16.7 Å². The summed E-state index contributed by atoms with van der Waals surface area (Å²) in [5, 5.41) is 13.7. The number of hydrogen-bond donors (Lipinski definition) is 2. The number of carbonyl (C=O) groups is 2. The summed E-state index contributed by atoms with van der Waals surface area (Å²) in [5.41, 5.74) is 5.91. The van der Waals surface area contributed by atoms with Crippen molar-refractivity contribution < 1.29 is 18.9 Å². The van der Waals surface area contributed by atoms with E-state index in [1.165, 1.54) is 36.4 Å². The number of nitro benzene ring substituents is 1. The third-order valence-electron chi connectivity index (χ3n) is 3.38. The van der Waals surface area contributed by atoms with Gasteiger partial charge in [-0.25, -0.2) is 0 Å². The third-order valence-corrected chi connectivity index (χ3v) is 3.38. The van der Waals surface area contributed by atoms with Gasteiger partial charge in [-0.3, -0.25) is 19.7 Å². The Morgan fingerprint density at radius 3 is 2.58 bits per heavy atom. The van der Waals surface area contributed by atoms with Gasteiger partial charge < -0.3 is 15.5 Å². The van der Waals surface area contributed by atoms with Crippen molar-refractivity contribution in [2.75, 3.05) is 5.32 Å². The second-order valence-corrected chi connectivity index (χ2v) is 4.95. The van der Waals surface area contributed by atoms with E-state index in [-0.39, 0.29) is 22.7 Å². The predicted molar refractivity (Wildman–Crippen MR) is 85.8 cm³/mol. The Labute approximate surface area is 135 Å². The molecule has 3 aromatic rings. The van der Waals surface area contributed by atoms with Gasteiger partial charge in [0.15, 0.2) is 5.76 Å². The van der Waals surface area contributed by atoms with Gasteiger partial charge in [0.25, 0.3) is 17.5 Å². The summed E-state index contributed by atoms with van der Waals surface area (Å²) >= 11 is 0. The Kier molecular flexibility index (Phi) is 3.70. The minimum absolute atomic E-state index is 0.0372. The van der Waals surface area contributed by atoms with Crippen molar-refractivity contribution in [3.05, 3.63) is 70.0 Å². The van der Waals surface area contributed by atoms with Crippen LogP contribution in [0.1, 0.15) is 20.9 Å². The second-order valence-electron chi connectivity index (χ2n) is 4.95. The van der Waals surface area contributed by atoms with E-state index in [9.17, 15) is 19.7 Å². The van der Waals surface area contributed by atoms with Crippen LogP contribution >= 0.6 is 0 Å². The maximum atomic E-state index is 12.3. The molecule has 8 heteroatoms. The van der Waals surface area contributed by atoms with Gasteiger partial charge in [0, 0.05) is 17.5 Å². The average molecular weight is 325 g/mol. The average Bonchev–Trinajstić information content (AvgIpc) is 2.98. The van der Waals surface area contributed by atoms with Crippen LogP contribution in [0.25, 0.3) is 11.0 Å². The number of furan rings is 1. The quantitative estimate of drug-likeness (QED) is 0.563. The Morgan fingerprint density at radius 1 is 1.12 bits per heavy atom. The molecule has 0 spiro atoms. The van der Waals surface area contributed by atoms with Crippen LogP contribution in [0, 0.1) is 10.1 Å². The largest absolute Gasteiger partial charge is 0.451 e. The molecule has 8 nitrogen and oxygen atoms in total. The molecule has 120 valence electrons. The van der Waals surface area contributed by atoms with Gasteiger partial charge in [0.2, 0.25) is 0 Å². The highest BCUT2D eigenvalue weighted by Crippen LogP contribution is 2.25. The highest BCUT2D eigenvalue weighted by molar-refractivity contribution is 6.08. The number of fused-ring (bicyclic) bond motifs is 1. The Bertz CT molecular complexity index is 977. The molecule has 1 heterocycles. The van der Waals surface area contributed by atoms with Gasteiger partial charge in [0.1, 0.15) is 5.58 Å². The van der Waals surface area contributed by atoms with E-state index < -0.39 is 16.7 Å². The summed E-state index contributed by atoms with van der Waals surface area (Å²) in [7, 11) is 0. The standard InChI is InChI=1S/C16H11N3O5/c17-15(20)11-3-1-2-4-12(11)18-16(21)14-8-9-7-10(19(22)23)5-6-13(9)24-14/h1-8H,(H2,17,20)(H,18,21). The molecule has 0 radical (unpaired) electrons. The van der Waals surface area contributed by atoms with Crippen molar-refractivity contribution in [3.8, 4) is 0 Å². The number of carbonyl (C=O) groups excluding carboxylic acids is 2. The van der Waals surface area contributed by atoms with Gasteiger partial charge in [-0.05, 0) is 24.3 Å². The molecule has 0 bridgehead atoms. The summed E-state index contributed by atoms with van der Waals surface area (Å²) < 4.78 is 5.39. The van der Waals surface area contributed by atoms with E-state index in [0.717, 1.165) is 0 Å². The number of nitrogens with zero attached hydrogens (tertiary/aromatic N) is 1. The van der Waals surface area contributed by atoms with Gasteiger partial charge in [-0.15, -0.1) is 0 Å². The highest BCUT2D eigenvalue weighted by Gasteiger charge is 2.17. The number of amides is 2. The molecule has 24 heavy (non-hydrogen) atoms. The van der Waals surface area contributed by atoms with Crippen LogP contribution in [0.2, 0.25) is 0 Å². The Balaban J connectivity index is 1.92. The lowest BCUT2D eigenvalue weighted by Gasteiger charge is -2.06. The maximum Gasteiger partial charge on any atom is 0.291 e. The van der Waals surface area contributed by atoms with Gasteiger partial charge >= 0.3 is 0 Å². The maximum absolute atomic E-state index is 12.3. The summed E-state index contributed by atoms with van der Waals surface area (Å²) in [4.78, 5) is 33.9. The summed E-state index contributed by atoms with van der Waals surface area (Å²) in [6.45, 7) is 0. The number of para-hydroxylation sites is 1. The SMILES string of the molecule is NC(=O)c1ccccc1NC(=O)c1cc2cc([N+](=O)[O-])ccc2o1. The zero-order chi connectivity index (χ0) is 17.3. The van der Waals surface area contributed by atoms with E-state index >= 15 is 0 Å². The molecule has 3 N–H and O–H groups in total. The van der Waals surface area contributed by atoms with Crippen LogP contribution in [-0.2, 0) is 0 Å². The number of hydrogen-bond acceptors (Lipinski definition) is 5. The molecule has 0 unspecified atom stereocenters. The molecule has 0 saturated heterocycles. The molecule has 0 atom stereocenters. The first-order valence-corrected chi connectivity index (χ1v) is 6.84. The van der Waals surface area contributed by atoms with Crippen molar-refractivity contribution in [2.45, 2.75) is 0 Å². The smallest absolute Gasteiger partial charge is 0.291 e. The first-order chi connectivity index (χ1) is 11.5. The van der Waals surface area contributed by atoms with E-state index in [1.807, 2.05) is 0 Å². The lowest BCUT2D eigenvalue weighted by Crippen LogP contribution is -2.17. The predicted octanol–water partition coefficient (Wildman–Crippen LogP) is 2.69. The van der Waals surface area contributed by atoms with E-state index in [0.29, 0.717) is 11.0 Å². The molecule has 0 saturated carbocycles. The molecular formula is C16H11N3O5. The number of nitrogens with one attached hydrogen (secondary N) is 1. The van der Waals surface area contributed by atoms with Crippen molar-refractivity contribution in [1.82, 2.24) is 0 Å². The van der Waals surface area contributed by atoms with Crippen molar-refractivity contribution in [1.29, 1.82) is 0 Å². The monoisotopic (exact) mass is 325 g/mol. The zero-order valence-corrected chi connectivity index (χ0v) is 12.2. The van der Waals surface area contributed by atoms with Gasteiger partial charge in [0.05, 0.1) is 16.2 Å². The van der Waals surface area contributed by atoms with Crippen LogP contribution in [0.15, 0.2) is 52.9 Å². The van der Waals surface area contributed by atoms with E-state index in [1.54, 1.807) is 12.1 Å². The molecule has 0 aliphatic heterocycles. The fourth-order valence-corrected chi connectivity index (χ4v) is 2.25. The zero-order valence-electron chi connectivity index (χ0n) is 12.2. The van der Waals surface area contributed by atoms with Crippen molar-refractivity contribution >= 4 is 34.2 Å². The molecule has 1 aromatic heterocycles. The minimum atomic E-state index is -0.675. The summed E-state index contributed by atoms with van der Waals surface area (Å²) in [6, 6.07) is 11.7. The minimum Gasteiger partial charge on any atom is -0.451 e. The molecule has 0 aliphatic carbocycles. The number of nitrogens with two attached hydrogens (primary N) is 1. The van der Waals surface area contributed by atoms with E-state index in [4.69, 9.17) is 10.2 Å². The van der Waals surface area contributed by atoms with Crippen LogP contribution in [0.3, 0.4) is 0 Å². The number of nitro groups is 1. The van der Waals surface area contributed by atoms with Crippen molar-refractivity contribution in [2.24, 2.45) is 5.73 Å². The topological polar surface area (TPSA) is 128 Å². The molecule has 0 fully saturated rings. The molecule has 3 rings (SSSR count). The Morgan fingerprint density at radius 2 is 1.88 bits per heavy atom. The molecule has 2 amide bonds. The summed E-state index contributed by atoms with van der Waals surface area (Å²) in [6.07, 6.45) is 0. The fraction of sp³-hybridized carbons (Fsp3) is 0. The first kappa shape index (κ1) is 15.2.